The van der Waals surface area contributed by atoms with Crippen molar-refractivity contribution in [2.75, 3.05) is 26.4 Å². The van der Waals surface area contributed by atoms with Crippen LogP contribution in [0.2, 0.25) is 0 Å². The van der Waals surface area contributed by atoms with Crippen molar-refractivity contribution in [3.8, 4) is 0 Å². The van der Waals surface area contributed by atoms with Gasteiger partial charge in [0.2, 0.25) is 0 Å². The van der Waals surface area contributed by atoms with Crippen LogP contribution in [-0.2, 0) is 0 Å². The van der Waals surface area contributed by atoms with Gasteiger partial charge in [-0.3, -0.25) is 4.79 Å². The second-order valence-corrected chi connectivity index (χ2v) is 5.47. The first-order valence-corrected chi connectivity index (χ1v) is 7.02. The molecule has 0 fully saturated rings. The number of thiophene rings is 1. The van der Waals surface area contributed by atoms with Crippen LogP contribution in [0.5, 0.6) is 0 Å². The van der Waals surface area contributed by atoms with Crippen LogP contribution < -0.4 is 11.1 Å². The average molecular weight is 291 g/mol. The summed E-state index contributed by atoms with van der Waals surface area (Å²) in [6.45, 7) is 0.488. The number of carbonyl (C=O) groups excluding carboxylic acids is 1. The molecule has 7 heteroatoms. The van der Waals surface area contributed by atoms with E-state index in [0.717, 1.165) is 0 Å². The SMILES string of the molecule is CN(C)C(CNC(=O)c1nccnc1N)c1cccs1. The zero-order valence-electron chi connectivity index (χ0n) is 11.4. The monoisotopic (exact) mass is 291 g/mol. The topological polar surface area (TPSA) is 84.1 Å². The molecule has 6 nitrogen and oxygen atoms in total. The molecule has 0 aliphatic carbocycles. The molecule has 0 bridgehead atoms. The van der Waals surface area contributed by atoms with E-state index in [4.69, 9.17) is 5.73 Å². The van der Waals surface area contributed by atoms with E-state index in [0.29, 0.717) is 6.54 Å². The zero-order valence-corrected chi connectivity index (χ0v) is 12.2. The van der Waals surface area contributed by atoms with Gasteiger partial charge >= 0.3 is 0 Å². The zero-order chi connectivity index (χ0) is 14.5. The summed E-state index contributed by atoms with van der Waals surface area (Å²) in [5, 5.41) is 4.88. The Hall–Kier alpha value is -1.99. The second kappa shape index (κ2) is 6.44. The molecule has 1 atom stereocenters. The number of aromatic nitrogens is 2. The highest BCUT2D eigenvalue weighted by Gasteiger charge is 2.18. The number of rotatable bonds is 5. The molecule has 0 aromatic carbocycles. The molecule has 106 valence electrons. The second-order valence-electron chi connectivity index (χ2n) is 4.50. The number of anilines is 1. The van der Waals surface area contributed by atoms with Crippen molar-refractivity contribution in [1.29, 1.82) is 0 Å². The molecular formula is C13H17N5OS. The molecule has 0 aliphatic rings. The lowest BCUT2D eigenvalue weighted by molar-refractivity contribution is 0.0938. The largest absolute Gasteiger partial charge is 0.382 e. The molecule has 0 saturated heterocycles. The Bertz CT molecular complexity index is 570. The number of nitrogen functional groups attached to an aromatic ring is 1. The number of nitrogens with zero attached hydrogens (tertiary/aromatic N) is 3. The molecule has 2 heterocycles. The van der Waals surface area contributed by atoms with Crippen molar-refractivity contribution in [2.24, 2.45) is 0 Å². The van der Waals surface area contributed by atoms with E-state index < -0.39 is 0 Å². The van der Waals surface area contributed by atoms with Gasteiger partial charge in [0, 0.05) is 23.8 Å². The van der Waals surface area contributed by atoms with Crippen LogP contribution in [0.3, 0.4) is 0 Å². The van der Waals surface area contributed by atoms with Gasteiger partial charge in [0.1, 0.15) is 0 Å². The molecule has 0 aliphatic heterocycles. The molecule has 1 unspecified atom stereocenters. The first-order valence-electron chi connectivity index (χ1n) is 6.14. The number of likely N-dealkylation sites (N-methyl/N-ethyl adjacent to an activating group) is 1. The van der Waals surface area contributed by atoms with Crippen molar-refractivity contribution >= 4 is 23.1 Å². The number of nitrogens with two attached hydrogens (primary N) is 1. The van der Waals surface area contributed by atoms with Crippen molar-refractivity contribution in [2.45, 2.75) is 6.04 Å². The number of hydrogen-bond acceptors (Lipinski definition) is 6. The number of hydrogen-bond donors (Lipinski definition) is 2. The Balaban J connectivity index is 2.03. The van der Waals surface area contributed by atoms with Crippen molar-refractivity contribution in [3.05, 3.63) is 40.5 Å². The highest BCUT2D eigenvalue weighted by Crippen LogP contribution is 2.22. The predicted molar refractivity (Wildman–Crippen MR) is 79.5 cm³/mol. The first-order chi connectivity index (χ1) is 9.59. The minimum atomic E-state index is -0.306. The normalized spacial score (nSPS) is 12.3. The van der Waals surface area contributed by atoms with Gasteiger partial charge in [-0.25, -0.2) is 9.97 Å². The minimum Gasteiger partial charge on any atom is -0.382 e. The van der Waals surface area contributed by atoms with Crippen molar-refractivity contribution in [1.82, 2.24) is 20.2 Å². The Morgan fingerprint density at radius 2 is 2.20 bits per heavy atom. The smallest absolute Gasteiger partial charge is 0.273 e. The van der Waals surface area contributed by atoms with E-state index >= 15 is 0 Å². The molecule has 3 N–H and O–H groups in total. The Morgan fingerprint density at radius 3 is 2.80 bits per heavy atom. The summed E-state index contributed by atoms with van der Waals surface area (Å²) in [5.41, 5.74) is 5.80. The van der Waals surface area contributed by atoms with Crippen LogP contribution in [-0.4, -0.2) is 41.4 Å². The highest BCUT2D eigenvalue weighted by molar-refractivity contribution is 7.10. The van der Waals surface area contributed by atoms with Crippen molar-refractivity contribution < 1.29 is 4.79 Å². The molecule has 2 aromatic rings. The molecule has 1 amide bonds. The minimum absolute atomic E-state index is 0.122. The lowest BCUT2D eigenvalue weighted by Gasteiger charge is -2.23. The molecule has 0 saturated carbocycles. The molecular weight excluding hydrogens is 274 g/mol. The van der Waals surface area contributed by atoms with Gasteiger partial charge in [-0.1, -0.05) is 6.07 Å². The number of nitrogens with one attached hydrogen (secondary N) is 1. The van der Waals surface area contributed by atoms with Gasteiger partial charge in [-0.2, -0.15) is 0 Å². The van der Waals surface area contributed by atoms with Gasteiger partial charge in [-0.05, 0) is 25.5 Å². The van der Waals surface area contributed by atoms with Gasteiger partial charge in [0.05, 0.1) is 6.04 Å². The fraction of sp³-hybridized carbons (Fsp3) is 0.308. The summed E-state index contributed by atoms with van der Waals surface area (Å²) in [5.74, 6) is -0.165. The Morgan fingerprint density at radius 1 is 1.45 bits per heavy atom. The van der Waals surface area contributed by atoms with E-state index in [-0.39, 0.29) is 23.5 Å². The summed E-state index contributed by atoms with van der Waals surface area (Å²) < 4.78 is 0. The fourth-order valence-electron chi connectivity index (χ4n) is 1.82. The standard InChI is InChI=1S/C13H17N5OS/c1-18(2)9(10-4-3-7-20-10)8-17-13(19)11-12(14)16-6-5-15-11/h3-7,9H,8H2,1-2H3,(H2,14,16)(H,17,19). The van der Waals surface area contributed by atoms with E-state index in [1.54, 1.807) is 11.3 Å². The average Bonchev–Trinajstić information content (AvgIpc) is 2.92. The van der Waals surface area contributed by atoms with Gasteiger partial charge in [0.15, 0.2) is 11.5 Å². The van der Waals surface area contributed by atoms with E-state index in [1.807, 2.05) is 25.5 Å². The lowest BCUT2D eigenvalue weighted by atomic mass is 10.2. The Labute approximate surface area is 121 Å². The summed E-state index contributed by atoms with van der Waals surface area (Å²) in [6, 6.07) is 4.17. The summed E-state index contributed by atoms with van der Waals surface area (Å²) >= 11 is 1.66. The third-order valence-corrected chi connectivity index (χ3v) is 3.87. The first kappa shape index (κ1) is 14.4. The van der Waals surface area contributed by atoms with Crippen LogP contribution in [0.1, 0.15) is 21.4 Å². The summed E-state index contributed by atoms with van der Waals surface area (Å²) in [4.78, 5) is 23.1. The third-order valence-electron chi connectivity index (χ3n) is 2.89. The summed E-state index contributed by atoms with van der Waals surface area (Å²) in [7, 11) is 3.96. The van der Waals surface area contributed by atoms with Crippen LogP contribution in [0.4, 0.5) is 5.82 Å². The molecule has 0 spiro atoms. The number of carbonyl (C=O) groups is 1. The molecule has 2 rings (SSSR count). The fourth-order valence-corrected chi connectivity index (χ4v) is 2.74. The third kappa shape index (κ3) is 3.31. The predicted octanol–water partition coefficient (Wildman–Crippen LogP) is 1.15. The maximum Gasteiger partial charge on any atom is 0.273 e. The Kier molecular flexibility index (Phi) is 4.65. The van der Waals surface area contributed by atoms with Crippen LogP contribution in [0, 0.1) is 0 Å². The maximum absolute atomic E-state index is 12.1. The van der Waals surface area contributed by atoms with Crippen molar-refractivity contribution in [3.63, 3.8) is 0 Å². The molecule has 2 aromatic heterocycles. The molecule has 0 radical (unpaired) electrons. The summed E-state index contributed by atoms with van der Waals surface area (Å²) in [6.07, 6.45) is 2.91. The quantitative estimate of drug-likeness (QED) is 0.863. The van der Waals surface area contributed by atoms with E-state index in [9.17, 15) is 4.79 Å². The van der Waals surface area contributed by atoms with Crippen LogP contribution in [0.15, 0.2) is 29.9 Å². The van der Waals surface area contributed by atoms with E-state index in [2.05, 4.69) is 26.3 Å². The lowest BCUT2D eigenvalue weighted by Crippen LogP contribution is -2.35. The highest BCUT2D eigenvalue weighted by atomic mass is 32.1. The maximum atomic E-state index is 12.1. The van der Waals surface area contributed by atoms with Crippen LogP contribution >= 0.6 is 11.3 Å². The number of amides is 1. The van der Waals surface area contributed by atoms with Gasteiger partial charge in [-0.15, -0.1) is 11.3 Å². The van der Waals surface area contributed by atoms with Gasteiger partial charge < -0.3 is 16.0 Å². The van der Waals surface area contributed by atoms with Gasteiger partial charge in [0.25, 0.3) is 5.91 Å². The van der Waals surface area contributed by atoms with Crippen LogP contribution in [0.25, 0.3) is 0 Å². The van der Waals surface area contributed by atoms with E-state index in [1.165, 1.54) is 17.3 Å². The molecule has 20 heavy (non-hydrogen) atoms.